The Bertz CT molecular complexity index is 757. The molecular formula is C16H20N4O. The number of ether oxygens (including phenoxy) is 1. The largest absolute Gasteiger partial charge is 0.493 e. The third-order valence-electron chi connectivity index (χ3n) is 3.73. The van der Waals surface area contributed by atoms with E-state index in [-0.39, 0.29) is 0 Å². The number of rotatable bonds is 5. The lowest BCUT2D eigenvalue weighted by molar-refractivity contribution is 0.321. The van der Waals surface area contributed by atoms with Gasteiger partial charge in [0, 0.05) is 18.6 Å². The van der Waals surface area contributed by atoms with Gasteiger partial charge in [0.15, 0.2) is 5.82 Å². The van der Waals surface area contributed by atoms with Crippen LogP contribution in [0.1, 0.15) is 25.0 Å². The Hall–Kier alpha value is -2.30. The molecule has 0 amide bonds. The van der Waals surface area contributed by atoms with Gasteiger partial charge in [-0.15, -0.1) is 10.2 Å². The van der Waals surface area contributed by atoms with Gasteiger partial charge in [0.25, 0.3) is 0 Å². The van der Waals surface area contributed by atoms with Crippen LogP contribution in [0.4, 0.5) is 0 Å². The van der Waals surface area contributed by atoms with Crippen LogP contribution in [0.25, 0.3) is 10.9 Å². The zero-order valence-electron chi connectivity index (χ0n) is 12.7. The quantitative estimate of drug-likeness (QED) is 0.723. The Kier molecular flexibility index (Phi) is 3.64. The zero-order valence-corrected chi connectivity index (χ0v) is 12.7. The van der Waals surface area contributed by atoms with Gasteiger partial charge in [-0.2, -0.15) is 0 Å². The SMILES string of the molecule is CCCOc1cccc2c1ccn2Cc1nnc(C)n1C. The molecule has 0 fully saturated rings. The standard InChI is InChI=1S/C16H20N4O/c1-4-10-21-15-7-5-6-14-13(15)8-9-20(14)11-16-18-17-12(2)19(16)3/h5-9H,4,10-11H2,1-3H3. The highest BCUT2D eigenvalue weighted by molar-refractivity contribution is 5.86. The summed E-state index contributed by atoms with van der Waals surface area (Å²) >= 11 is 0. The van der Waals surface area contributed by atoms with Crippen LogP contribution >= 0.6 is 0 Å². The molecule has 3 aromatic rings. The molecule has 0 aliphatic carbocycles. The van der Waals surface area contributed by atoms with E-state index in [1.165, 1.54) is 0 Å². The molecule has 5 heteroatoms. The first-order valence-corrected chi connectivity index (χ1v) is 7.26. The maximum absolute atomic E-state index is 5.81. The van der Waals surface area contributed by atoms with Gasteiger partial charge in [0.05, 0.1) is 18.7 Å². The van der Waals surface area contributed by atoms with Crippen molar-refractivity contribution in [3.63, 3.8) is 0 Å². The number of hydrogen-bond acceptors (Lipinski definition) is 3. The summed E-state index contributed by atoms with van der Waals surface area (Å²) in [7, 11) is 1.99. The highest BCUT2D eigenvalue weighted by Crippen LogP contribution is 2.27. The first-order valence-electron chi connectivity index (χ1n) is 7.26. The zero-order chi connectivity index (χ0) is 14.8. The van der Waals surface area contributed by atoms with Gasteiger partial charge in [0.1, 0.15) is 11.6 Å². The van der Waals surface area contributed by atoms with Crippen molar-refractivity contribution in [2.45, 2.75) is 26.8 Å². The fourth-order valence-corrected chi connectivity index (χ4v) is 2.41. The minimum absolute atomic E-state index is 0.706. The third-order valence-corrected chi connectivity index (χ3v) is 3.73. The Morgan fingerprint density at radius 1 is 1.19 bits per heavy atom. The van der Waals surface area contributed by atoms with E-state index in [4.69, 9.17) is 4.74 Å². The van der Waals surface area contributed by atoms with Gasteiger partial charge in [-0.1, -0.05) is 13.0 Å². The first kappa shape index (κ1) is 13.7. The number of fused-ring (bicyclic) bond motifs is 1. The summed E-state index contributed by atoms with van der Waals surface area (Å²) in [5.74, 6) is 2.82. The molecule has 1 aromatic carbocycles. The highest BCUT2D eigenvalue weighted by Gasteiger charge is 2.10. The number of aryl methyl sites for hydroxylation is 1. The minimum atomic E-state index is 0.706. The van der Waals surface area contributed by atoms with Crippen molar-refractivity contribution in [2.24, 2.45) is 7.05 Å². The summed E-state index contributed by atoms with van der Waals surface area (Å²) in [4.78, 5) is 0. The lowest BCUT2D eigenvalue weighted by Crippen LogP contribution is -2.05. The molecule has 0 unspecified atom stereocenters. The van der Waals surface area contributed by atoms with E-state index >= 15 is 0 Å². The molecule has 0 aliphatic heterocycles. The number of benzene rings is 1. The summed E-state index contributed by atoms with van der Waals surface area (Å²) in [6.45, 7) is 5.52. The monoisotopic (exact) mass is 284 g/mol. The molecule has 0 N–H and O–H groups in total. The second kappa shape index (κ2) is 5.60. The molecule has 0 saturated carbocycles. The Balaban J connectivity index is 1.95. The van der Waals surface area contributed by atoms with Crippen LogP contribution in [-0.4, -0.2) is 25.9 Å². The Morgan fingerprint density at radius 2 is 2.05 bits per heavy atom. The molecule has 0 saturated heterocycles. The molecular weight excluding hydrogens is 264 g/mol. The predicted molar refractivity (Wildman–Crippen MR) is 82.6 cm³/mol. The van der Waals surface area contributed by atoms with Gasteiger partial charge in [0.2, 0.25) is 0 Å². The van der Waals surface area contributed by atoms with Crippen LogP contribution < -0.4 is 4.74 Å². The molecule has 0 radical (unpaired) electrons. The van der Waals surface area contributed by atoms with Crippen molar-refractivity contribution in [3.8, 4) is 5.75 Å². The maximum atomic E-state index is 5.81. The van der Waals surface area contributed by atoms with Crippen molar-refractivity contribution in [1.29, 1.82) is 0 Å². The second-order valence-electron chi connectivity index (χ2n) is 5.20. The molecule has 110 valence electrons. The summed E-state index contributed by atoms with van der Waals surface area (Å²) in [6, 6.07) is 8.27. The highest BCUT2D eigenvalue weighted by atomic mass is 16.5. The molecule has 0 spiro atoms. The summed E-state index contributed by atoms with van der Waals surface area (Å²) in [5.41, 5.74) is 1.16. The first-order chi connectivity index (χ1) is 10.2. The van der Waals surface area contributed by atoms with E-state index in [1.54, 1.807) is 0 Å². The number of aromatic nitrogens is 4. The average Bonchev–Trinajstić information content (AvgIpc) is 3.04. The van der Waals surface area contributed by atoms with Gasteiger partial charge in [-0.3, -0.25) is 0 Å². The fourth-order valence-electron chi connectivity index (χ4n) is 2.41. The van der Waals surface area contributed by atoms with Gasteiger partial charge in [-0.05, 0) is 31.5 Å². The molecule has 0 atom stereocenters. The van der Waals surface area contributed by atoms with E-state index in [0.29, 0.717) is 6.54 Å². The lowest BCUT2D eigenvalue weighted by Gasteiger charge is -2.08. The lowest BCUT2D eigenvalue weighted by atomic mass is 10.2. The van der Waals surface area contributed by atoms with Crippen molar-refractivity contribution in [2.75, 3.05) is 6.61 Å². The van der Waals surface area contributed by atoms with E-state index < -0.39 is 0 Å². The normalized spacial score (nSPS) is 11.2. The van der Waals surface area contributed by atoms with Crippen molar-refractivity contribution in [3.05, 3.63) is 42.1 Å². The topological polar surface area (TPSA) is 44.9 Å². The van der Waals surface area contributed by atoms with Crippen LogP contribution in [-0.2, 0) is 13.6 Å². The van der Waals surface area contributed by atoms with Crippen LogP contribution in [0.5, 0.6) is 5.75 Å². The molecule has 2 aromatic heterocycles. The van der Waals surface area contributed by atoms with Gasteiger partial charge in [-0.25, -0.2) is 0 Å². The van der Waals surface area contributed by atoms with Gasteiger partial charge < -0.3 is 13.9 Å². The van der Waals surface area contributed by atoms with Crippen molar-refractivity contribution < 1.29 is 4.74 Å². The predicted octanol–water partition coefficient (Wildman–Crippen LogP) is 2.92. The summed E-state index contributed by atoms with van der Waals surface area (Å²) in [5, 5.41) is 9.48. The average molecular weight is 284 g/mol. The Morgan fingerprint density at radius 3 is 2.76 bits per heavy atom. The number of hydrogen-bond donors (Lipinski definition) is 0. The van der Waals surface area contributed by atoms with Gasteiger partial charge >= 0.3 is 0 Å². The van der Waals surface area contributed by atoms with E-state index in [0.717, 1.165) is 41.3 Å². The molecule has 21 heavy (non-hydrogen) atoms. The molecule has 2 heterocycles. The molecule has 3 rings (SSSR count). The fraction of sp³-hybridized carbons (Fsp3) is 0.375. The molecule has 5 nitrogen and oxygen atoms in total. The molecule has 0 bridgehead atoms. The van der Waals surface area contributed by atoms with Crippen molar-refractivity contribution >= 4 is 10.9 Å². The molecule has 0 aliphatic rings. The third kappa shape index (κ3) is 2.51. The smallest absolute Gasteiger partial charge is 0.152 e. The van der Waals surface area contributed by atoms with E-state index in [1.807, 2.05) is 30.7 Å². The maximum Gasteiger partial charge on any atom is 0.152 e. The van der Waals surface area contributed by atoms with E-state index in [2.05, 4.69) is 40.0 Å². The van der Waals surface area contributed by atoms with Crippen LogP contribution in [0.15, 0.2) is 30.5 Å². The van der Waals surface area contributed by atoms with Crippen LogP contribution in [0.2, 0.25) is 0 Å². The van der Waals surface area contributed by atoms with Crippen molar-refractivity contribution in [1.82, 2.24) is 19.3 Å². The minimum Gasteiger partial charge on any atom is -0.493 e. The Labute approximate surface area is 124 Å². The van der Waals surface area contributed by atoms with E-state index in [9.17, 15) is 0 Å². The summed E-state index contributed by atoms with van der Waals surface area (Å²) in [6.07, 6.45) is 3.09. The van der Waals surface area contributed by atoms with Crippen LogP contribution in [0, 0.1) is 6.92 Å². The summed E-state index contributed by atoms with van der Waals surface area (Å²) < 4.78 is 10.0. The number of nitrogens with zero attached hydrogens (tertiary/aromatic N) is 4. The second-order valence-corrected chi connectivity index (χ2v) is 5.20. The van der Waals surface area contributed by atoms with Crippen LogP contribution in [0.3, 0.4) is 0 Å².